The molecule has 110 valence electrons. The third-order valence-electron chi connectivity index (χ3n) is 4.25. The van der Waals surface area contributed by atoms with Crippen LogP contribution < -0.4 is 0 Å². The van der Waals surface area contributed by atoms with E-state index < -0.39 is 0 Å². The highest BCUT2D eigenvalue weighted by atomic mass is 127. The number of benzene rings is 2. The van der Waals surface area contributed by atoms with E-state index in [0.717, 1.165) is 0 Å². The number of aryl methyl sites for hydroxylation is 1. The van der Waals surface area contributed by atoms with Crippen molar-refractivity contribution in [3.63, 3.8) is 0 Å². The Hall–Kier alpha value is -1.03. The lowest BCUT2D eigenvalue weighted by Gasteiger charge is -2.03. The molecular weight excluding hydrogens is 369 g/mol. The summed E-state index contributed by atoms with van der Waals surface area (Å²) in [6.07, 6.45) is 7.96. The van der Waals surface area contributed by atoms with Gasteiger partial charge in [0.1, 0.15) is 0 Å². The van der Waals surface area contributed by atoms with Gasteiger partial charge in [-0.25, -0.2) is 0 Å². The smallest absolute Gasteiger partial charge is 0.0646 e. The molecule has 3 aromatic rings. The number of para-hydroxylation sites is 1. The molecule has 3 rings (SSSR count). The van der Waals surface area contributed by atoms with Crippen molar-refractivity contribution in [2.75, 3.05) is 0 Å². The van der Waals surface area contributed by atoms with Gasteiger partial charge in [0.15, 0.2) is 0 Å². The van der Waals surface area contributed by atoms with Crippen molar-refractivity contribution in [3.05, 3.63) is 48.0 Å². The minimum atomic E-state index is 1.21. The van der Waals surface area contributed by atoms with Crippen LogP contribution in [0.3, 0.4) is 0 Å². The van der Waals surface area contributed by atoms with Gasteiger partial charge in [-0.2, -0.15) is 0 Å². The Kier molecular flexibility index (Phi) is 4.84. The van der Waals surface area contributed by atoms with Crippen molar-refractivity contribution in [1.82, 2.24) is 2.78 Å². The molecule has 0 aliphatic rings. The number of fused-ring (bicyclic) bond motifs is 3. The van der Waals surface area contributed by atoms with E-state index in [9.17, 15) is 0 Å². The van der Waals surface area contributed by atoms with Crippen LogP contribution >= 0.6 is 22.9 Å². The van der Waals surface area contributed by atoms with Crippen LogP contribution in [0.15, 0.2) is 42.5 Å². The maximum atomic E-state index is 2.42. The van der Waals surface area contributed by atoms with Gasteiger partial charge in [0, 0.05) is 10.8 Å². The number of halogens is 1. The maximum absolute atomic E-state index is 2.42. The maximum Gasteiger partial charge on any atom is 0.0646 e. The van der Waals surface area contributed by atoms with Crippen LogP contribution in [-0.4, -0.2) is 2.78 Å². The molecule has 0 fully saturated rings. The second-order valence-corrected chi connectivity index (χ2v) is 6.78. The van der Waals surface area contributed by atoms with E-state index >= 15 is 0 Å². The average Bonchev–Trinajstić information content (AvgIpc) is 2.81. The van der Waals surface area contributed by atoms with Gasteiger partial charge in [0.25, 0.3) is 0 Å². The van der Waals surface area contributed by atoms with Crippen LogP contribution in [-0.2, 0) is 6.42 Å². The summed E-state index contributed by atoms with van der Waals surface area (Å²) < 4.78 is 2.29. The molecule has 0 aliphatic heterocycles. The summed E-state index contributed by atoms with van der Waals surface area (Å²) in [7, 11) is 0. The predicted molar refractivity (Wildman–Crippen MR) is 101 cm³/mol. The normalized spacial score (nSPS) is 11.5. The molecule has 0 amide bonds. The lowest BCUT2D eigenvalue weighted by molar-refractivity contribution is 0.632. The summed E-state index contributed by atoms with van der Waals surface area (Å²) >= 11 is 2.42. The number of hydrogen-bond donors (Lipinski definition) is 0. The molecule has 0 spiro atoms. The van der Waals surface area contributed by atoms with Crippen LogP contribution in [0.25, 0.3) is 21.8 Å². The van der Waals surface area contributed by atoms with E-state index in [4.69, 9.17) is 0 Å². The molecule has 2 aromatic carbocycles. The summed E-state index contributed by atoms with van der Waals surface area (Å²) in [6.45, 7) is 2.27. The van der Waals surface area contributed by atoms with Crippen molar-refractivity contribution in [2.24, 2.45) is 0 Å². The van der Waals surface area contributed by atoms with Crippen LogP contribution in [0.1, 0.15) is 44.6 Å². The number of unbranched alkanes of at least 4 members (excludes halogenated alkanes) is 4. The summed E-state index contributed by atoms with van der Waals surface area (Å²) in [5.41, 5.74) is 4.13. The molecule has 0 aliphatic carbocycles. The lowest BCUT2D eigenvalue weighted by atomic mass is 10.0. The lowest BCUT2D eigenvalue weighted by Crippen LogP contribution is -1.87. The molecule has 21 heavy (non-hydrogen) atoms. The Morgan fingerprint density at radius 2 is 1.62 bits per heavy atom. The molecule has 0 unspecified atom stereocenters. The second kappa shape index (κ2) is 6.82. The van der Waals surface area contributed by atoms with Crippen molar-refractivity contribution < 1.29 is 0 Å². The van der Waals surface area contributed by atoms with E-state index in [0.29, 0.717) is 0 Å². The largest absolute Gasteiger partial charge is 0.282 e. The molecule has 0 bridgehead atoms. The van der Waals surface area contributed by atoms with Crippen LogP contribution in [0.5, 0.6) is 0 Å². The van der Waals surface area contributed by atoms with Gasteiger partial charge in [0.05, 0.1) is 33.9 Å². The fourth-order valence-corrected chi connectivity index (χ4v) is 3.88. The fraction of sp³-hybridized carbons (Fsp3) is 0.368. The number of rotatable bonds is 6. The molecule has 1 nitrogen and oxygen atoms in total. The van der Waals surface area contributed by atoms with E-state index in [-0.39, 0.29) is 0 Å². The molecular formula is C19H22IN. The number of aromatic nitrogens is 1. The fourth-order valence-electron chi connectivity index (χ4n) is 3.06. The monoisotopic (exact) mass is 391 g/mol. The summed E-state index contributed by atoms with van der Waals surface area (Å²) in [5, 5.41) is 2.73. The van der Waals surface area contributed by atoms with Gasteiger partial charge in [0.2, 0.25) is 0 Å². The zero-order chi connectivity index (χ0) is 14.7. The van der Waals surface area contributed by atoms with Gasteiger partial charge >= 0.3 is 0 Å². The third-order valence-corrected chi connectivity index (χ3v) is 5.29. The molecule has 1 heterocycles. The highest BCUT2D eigenvalue weighted by Gasteiger charge is 2.08. The number of nitrogens with zero attached hydrogens (tertiary/aromatic N) is 1. The van der Waals surface area contributed by atoms with Crippen molar-refractivity contribution in [3.8, 4) is 0 Å². The first-order valence-electron chi connectivity index (χ1n) is 7.99. The molecule has 0 N–H and O–H groups in total. The van der Waals surface area contributed by atoms with Crippen molar-refractivity contribution in [1.29, 1.82) is 0 Å². The minimum absolute atomic E-state index is 1.21. The quantitative estimate of drug-likeness (QED) is 0.334. The number of hydrogen-bond acceptors (Lipinski definition) is 0. The highest BCUT2D eigenvalue weighted by Crippen LogP contribution is 2.31. The van der Waals surface area contributed by atoms with E-state index in [2.05, 4.69) is 75.0 Å². The average molecular weight is 391 g/mol. The van der Waals surface area contributed by atoms with Gasteiger partial charge in [-0.1, -0.05) is 62.9 Å². The Balaban J connectivity index is 1.83. The van der Waals surface area contributed by atoms with Crippen LogP contribution in [0.4, 0.5) is 0 Å². The van der Waals surface area contributed by atoms with Gasteiger partial charge in [-0.05, 0) is 30.5 Å². The minimum Gasteiger partial charge on any atom is -0.282 e. The zero-order valence-corrected chi connectivity index (χ0v) is 14.8. The van der Waals surface area contributed by atoms with Gasteiger partial charge in [-0.15, -0.1) is 0 Å². The standard InChI is InChI=1S/C19H22IN/c1-2-3-4-5-6-9-15-12-13-17-16-10-7-8-11-18(16)21(20)19(17)14-15/h7-8,10-14H,2-6,9H2,1H3. The first kappa shape index (κ1) is 14.9. The van der Waals surface area contributed by atoms with Crippen LogP contribution in [0, 0.1) is 0 Å². The molecule has 0 radical (unpaired) electrons. The summed E-state index contributed by atoms with van der Waals surface area (Å²) in [6, 6.07) is 15.6. The Labute approximate surface area is 140 Å². The molecule has 0 atom stereocenters. The Morgan fingerprint density at radius 1 is 0.857 bits per heavy atom. The van der Waals surface area contributed by atoms with Crippen molar-refractivity contribution in [2.45, 2.75) is 45.4 Å². The van der Waals surface area contributed by atoms with E-state index in [1.807, 2.05) is 0 Å². The van der Waals surface area contributed by atoms with Gasteiger partial charge < -0.3 is 0 Å². The Bertz CT molecular complexity index is 742. The molecule has 1 aromatic heterocycles. The topological polar surface area (TPSA) is 4.93 Å². The first-order valence-corrected chi connectivity index (χ1v) is 8.96. The SMILES string of the molecule is CCCCCCCc1ccc2c3ccccc3n(I)c2c1. The Morgan fingerprint density at radius 3 is 2.48 bits per heavy atom. The summed E-state index contributed by atoms with van der Waals surface area (Å²) in [5.74, 6) is 0. The highest BCUT2D eigenvalue weighted by molar-refractivity contribution is 14.1. The van der Waals surface area contributed by atoms with Gasteiger partial charge in [-0.3, -0.25) is 2.78 Å². The summed E-state index contributed by atoms with van der Waals surface area (Å²) in [4.78, 5) is 0. The van der Waals surface area contributed by atoms with Crippen LogP contribution in [0.2, 0.25) is 0 Å². The van der Waals surface area contributed by atoms with E-state index in [1.165, 1.54) is 65.9 Å². The molecule has 0 saturated heterocycles. The second-order valence-electron chi connectivity index (χ2n) is 5.81. The predicted octanol–water partition coefficient (Wildman–Crippen LogP) is 6.51. The first-order chi connectivity index (χ1) is 10.3. The zero-order valence-electron chi connectivity index (χ0n) is 12.6. The van der Waals surface area contributed by atoms with Crippen molar-refractivity contribution >= 4 is 44.7 Å². The molecule has 0 saturated carbocycles. The molecule has 2 heteroatoms. The van der Waals surface area contributed by atoms with E-state index in [1.54, 1.807) is 0 Å². The third kappa shape index (κ3) is 3.10.